The van der Waals surface area contributed by atoms with Crippen molar-refractivity contribution in [1.82, 2.24) is 0 Å². The van der Waals surface area contributed by atoms with Crippen molar-refractivity contribution in [2.75, 3.05) is 0 Å². The minimum Gasteiger partial charge on any atom is -0.119 e. The highest BCUT2D eigenvalue weighted by atomic mass is 79.9. The lowest BCUT2D eigenvalue weighted by Gasteiger charge is -2.09. The van der Waals surface area contributed by atoms with Crippen molar-refractivity contribution in [2.24, 2.45) is 0 Å². The number of aryl methyl sites for hydroxylation is 2. The fourth-order valence-electron chi connectivity index (χ4n) is 1.33. The van der Waals surface area contributed by atoms with E-state index in [1.165, 1.54) is 21.2 Å². The predicted octanol–water partition coefficient (Wildman–Crippen LogP) is 3.80. The van der Waals surface area contributed by atoms with Crippen molar-refractivity contribution in [3.05, 3.63) is 33.3 Å². The molecule has 1 atom stereocenters. The Hall–Kier alpha value is -0.740. The molecular formula is C12H13Br. The van der Waals surface area contributed by atoms with Crippen LogP contribution < -0.4 is 0 Å². The molecule has 1 unspecified atom stereocenters. The third kappa shape index (κ3) is 2.14. The van der Waals surface area contributed by atoms with Gasteiger partial charge in [-0.25, -0.2) is 0 Å². The van der Waals surface area contributed by atoms with E-state index in [9.17, 15) is 0 Å². The summed E-state index contributed by atoms with van der Waals surface area (Å²) in [5, 5.41) is 0. The van der Waals surface area contributed by atoms with Gasteiger partial charge >= 0.3 is 0 Å². The van der Waals surface area contributed by atoms with E-state index in [2.05, 4.69) is 47.8 Å². The summed E-state index contributed by atoms with van der Waals surface area (Å²) in [4.78, 5) is 0. The zero-order chi connectivity index (χ0) is 10.0. The van der Waals surface area contributed by atoms with Crippen LogP contribution in [0.1, 0.15) is 29.5 Å². The van der Waals surface area contributed by atoms with Gasteiger partial charge in [0.15, 0.2) is 0 Å². The molecule has 0 spiro atoms. The van der Waals surface area contributed by atoms with Crippen molar-refractivity contribution in [3.63, 3.8) is 0 Å². The molecule has 0 saturated carbocycles. The summed E-state index contributed by atoms with van der Waals surface area (Å²) in [7, 11) is 0. The molecule has 1 aromatic rings. The van der Waals surface area contributed by atoms with Gasteiger partial charge in [-0.3, -0.25) is 0 Å². The maximum atomic E-state index is 5.38. The van der Waals surface area contributed by atoms with E-state index in [1.807, 2.05) is 6.92 Å². The lowest BCUT2D eigenvalue weighted by Crippen LogP contribution is -1.93. The van der Waals surface area contributed by atoms with Gasteiger partial charge in [-0.2, -0.15) is 0 Å². The maximum Gasteiger partial charge on any atom is 0.0421 e. The second-order valence-corrected chi connectivity index (χ2v) is 4.15. The molecule has 0 amide bonds. The Morgan fingerprint density at radius 1 is 1.31 bits per heavy atom. The summed E-state index contributed by atoms with van der Waals surface area (Å²) < 4.78 is 1.18. The molecule has 1 heteroatoms. The van der Waals surface area contributed by atoms with Gasteiger partial charge in [-0.1, -0.05) is 34.0 Å². The van der Waals surface area contributed by atoms with Gasteiger partial charge in [-0.15, -0.1) is 6.42 Å². The molecule has 1 aromatic carbocycles. The first-order chi connectivity index (χ1) is 6.06. The highest BCUT2D eigenvalue weighted by molar-refractivity contribution is 9.10. The zero-order valence-electron chi connectivity index (χ0n) is 8.19. The van der Waals surface area contributed by atoms with Gasteiger partial charge in [0.2, 0.25) is 0 Å². The number of rotatable bonds is 1. The Morgan fingerprint density at radius 2 is 1.77 bits per heavy atom. The van der Waals surface area contributed by atoms with E-state index in [0.29, 0.717) is 0 Å². The molecule has 0 fully saturated rings. The molecule has 0 saturated heterocycles. The van der Waals surface area contributed by atoms with Crippen LogP contribution in [0.2, 0.25) is 0 Å². The quantitative estimate of drug-likeness (QED) is 0.651. The SMILES string of the molecule is C#CC(C)c1cc(C)c(Br)c(C)c1. The van der Waals surface area contributed by atoms with Gasteiger partial charge < -0.3 is 0 Å². The summed E-state index contributed by atoms with van der Waals surface area (Å²) in [6, 6.07) is 4.28. The first kappa shape index (κ1) is 10.3. The average Bonchev–Trinajstić information content (AvgIpc) is 2.12. The fourth-order valence-corrected chi connectivity index (χ4v) is 1.55. The van der Waals surface area contributed by atoms with Gasteiger partial charge in [0.25, 0.3) is 0 Å². The summed E-state index contributed by atoms with van der Waals surface area (Å²) in [5.74, 6) is 2.94. The molecule has 0 aliphatic rings. The normalized spacial score (nSPS) is 12.2. The van der Waals surface area contributed by atoms with E-state index >= 15 is 0 Å². The van der Waals surface area contributed by atoms with E-state index in [0.717, 1.165) is 0 Å². The Balaban J connectivity index is 3.22. The van der Waals surface area contributed by atoms with Crippen LogP contribution in [0.15, 0.2) is 16.6 Å². The zero-order valence-corrected chi connectivity index (χ0v) is 9.77. The number of halogens is 1. The van der Waals surface area contributed by atoms with Gasteiger partial charge in [0, 0.05) is 10.4 Å². The lowest BCUT2D eigenvalue weighted by atomic mass is 9.98. The topological polar surface area (TPSA) is 0 Å². The fraction of sp³-hybridized carbons (Fsp3) is 0.333. The van der Waals surface area contributed by atoms with Crippen LogP contribution in [0.25, 0.3) is 0 Å². The van der Waals surface area contributed by atoms with E-state index < -0.39 is 0 Å². The molecule has 13 heavy (non-hydrogen) atoms. The third-order valence-electron chi connectivity index (χ3n) is 2.21. The average molecular weight is 237 g/mol. The van der Waals surface area contributed by atoms with Crippen LogP contribution >= 0.6 is 15.9 Å². The number of hydrogen-bond donors (Lipinski definition) is 0. The Bertz CT molecular complexity index is 335. The molecule has 0 bridgehead atoms. The van der Waals surface area contributed by atoms with E-state index in [1.54, 1.807) is 0 Å². The molecular weight excluding hydrogens is 224 g/mol. The lowest BCUT2D eigenvalue weighted by molar-refractivity contribution is 0.995. The summed E-state index contributed by atoms with van der Waals surface area (Å²) in [6.07, 6.45) is 5.38. The molecule has 68 valence electrons. The maximum absolute atomic E-state index is 5.38. The van der Waals surface area contributed by atoms with Crippen LogP contribution in [0, 0.1) is 26.2 Å². The number of benzene rings is 1. The van der Waals surface area contributed by atoms with Crippen LogP contribution in [-0.2, 0) is 0 Å². The van der Waals surface area contributed by atoms with Crippen molar-refractivity contribution in [3.8, 4) is 12.3 Å². The van der Waals surface area contributed by atoms with Crippen molar-refractivity contribution < 1.29 is 0 Å². The van der Waals surface area contributed by atoms with E-state index in [-0.39, 0.29) is 5.92 Å². The summed E-state index contributed by atoms with van der Waals surface area (Å²) in [5.41, 5.74) is 3.72. The first-order valence-electron chi connectivity index (χ1n) is 4.29. The van der Waals surface area contributed by atoms with Gasteiger partial charge in [0.1, 0.15) is 0 Å². The Kier molecular flexibility index (Phi) is 3.17. The second-order valence-electron chi connectivity index (χ2n) is 3.36. The standard InChI is InChI=1S/C12H13Br/c1-5-8(2)11-6-9(3)12(13)10(4)7-11/h1,6-8H,2-4H3. The minimum atomic E-state index is 0.200. The molecule has 0 radical (unpaired) electrons. The second kappa shape index (κ2) is 3.98. The molecule has 0 aliphatic heterocycles. The van der Waals surface area contributed by atoms with Gasteiger partial charge in [-0.05, 0) is 37.5 Å². The molecule has 0 nitrogen and oxygen atoms in total. The molecule has 1 rings (SSSR count). The predicted molar refractivity (Wildman–Crippen MR) is 60.9 cm³/mol. The molecule has 0 N–H and O–H groups in total. The van der Waals surface area contributed by atoms with Crippen molar-refractivity contribution in [1.29, 1.82) is 0 Å². The van der Waals surface area contributed by atoms with Crippen LogP contribution in [-0.4, -0.2) is 0 Å². The summed E-state index contributed by atoms with van der Waals surface area (Å²) in [6.45, 7) is 6.22. The molecule has 0 heterocycles. The smallest absolute Gasteiger partial charge is 0.0421 e. The van der Waals surface area contributed by atoms with Crippen molar-refractivity contribution >= 4 is 15.9 Å². The van der Waals surface area contributed by atoms with Gasteiger partial charge in [0.05, 0.1) is 0 Å². The van der Waals surface area contributed by atoms with Crippen LogP contribution in [0.3, 0.4) is 0 Å². The van der Waals surface area contributed by atoms with Crippen LogP contribution in [0.5, 0.6) is 0 Å². The highest BCUT2D eigenvalue weighted by Gasteiger charge is 2.06. The molecule has 0 aromatic heterocycles. The molecule has 0 aliphatic carbocycles. The first-order valence-corrected chi connectivity index (χ1v) is 5.08. The number of terminal acetylenes is 1. The minimum absolute atomic E-state index is 0.200. The highest BCUT2D eigenvalue weighted by Crippen LogP contribution is 2.25. The Morgan fingerprint density at radius 3 is 2.15 bits per heavy atom. The third-order valence-corrected chi connectivity index (χ3v) is 3.46. The monoisotopic (exact) mass is 236 g/mol. The van der Waals surface area contributed by atoms with Crippen LogP contribution in [0.4, 0.5) is 0 Å². The van der Waals surface area contributed by atoms with E-state index in [4.69, 9.17) is 6.42 Å². The number of hydrogen-bond acceptors (Lipinski definition) is 0. The van der Waals surface area contributed by atoms with Crippen molar-refractivity contribution in [2.45, 2.75) is 26.7 Å². The Labute approximate surface area is 88.5 Å². The largest absolute Gasteiger partial charge is 0.119 e. The summed E-state index contributed by atoms with van der Waals surface area (Å²) >= 11 is 3.53.